The normalized spacial score (nSPS) is 11.4. The standard InChI is InChI=1S/C9H13N4O3P/c1-16-7-4-2-6(3-5-7)8(17(14)15)12-13-9(10)11/h2-5,14-15H,1H3,(H4,10,11,13). The maximum Gasteiger partial charge on any atom is 0.222 e. The van der Waals surface area contributed by atoms with Gasteiger partial charge < -0.3 is 26.0 Å². The molecule has 8 heteroatoms. The average molecular weight is 256 g/mol. The zero-order chi connectivity index (χ0) is 12.8. The molecule has 0 aliphatic carbocycles. The van der Waals surface area contributed by atoms with E-state index in [0.29, 0.717) is 11.3 Å². The molecule has 1 aromatic rings. The van der Waals surface area contributed by atoms with Gasteiger partial charge >= 0.3 is 0 Å². The van der Waals surface area contributed by atoms with Gasteiger partial charge in [-0.25, -0.2) is 0 Å². The summed E-state index contributed by atoms with van der Waals surface area (Å²) < 4.78 is 4.98. The molecule has 1 aromatic carbocycles. The summed E-state index contributed by atoms with van der Waals surface area (Å²) in [6.07, 6.45) is 0. The van der Waals surface area contributed by atoms with E-state index in [9.17, 15) is 9.79 Å². The van der Waals surface area contributed by atoms with Crippen LogP contribution < -0.4 is 16.2 Å². The Bertz CT molecular complexity index is 426. The Balaban J connectivity index is 3.06. The minimum absolute atomic E-state index is 0.0102. The van der Waals surface area contributed by atoms with E-state index in [4.69, 9.17) is 16.2 Å². The molecular weight excluding hydrogens is 243 g/mol. The average Bonchev–Trinajstić information content (AvgIpc) is 2.29. The minimum Gasteiger partial charge on any atom is -0.497 e. The molecule has 92 valence electrons. The van der Waals surface area contributed by atoms with E-state index in [1.807, 2.05) is 0 Å². The van der Waals surface area contributed by atoms with Crippen molar-refractivity contribution in [2.45, 2.75) is 0 Å². The predicted octanol–water partition coefficient (Wildman–Crippen LogP) is -0.0733. The second-order valence-electron chi connectivity index (χ2n) is 2.97. The number of guanidine groups is 1. The van der Waals surface area contributed by atoms with Crippen LogP contribution in [0.15, 0.2) is 34.5 Å². The van der Waals surface area contributed by atoms with Crippen LogP contribution in [-0.4, -0.2) is 28.3 Å². The lowest BCUT2D eigenvalue weighted by Crippen LogP contribution is -2.22. The molecular formula is C9H13N4O3P. The van der Waals surface area contributed by atoms with Gasteiger partial charge in [-0.1, -0.05) is 0 Å². The summed E-state index contributed by atoms with van der Waals surface area (Å²) in [4.78, 5) is 18.4. The molecule has 0 unspecified atom stereocenters. The van der Waals surface area contributed by atoms with Gasteiger partial charge in [0.2, 0.25) is 14.3 Å². The molecule has 1 rings (SSSR count). The Morgan fingerprint density at radius 2 is 1.76 bits per heavy atom. The quantitative estimate of drug-likeness (QED) is 0.259. The summed E-state index contributed by atoms with van der Waals surface area (Å²) in [5.74, 6) is 0.392. The number of methoxy groups -OCH3 is 1. The lowest BCUT2D eigenvalue weighted by molar-refractivity contribution is 0.415. The molecule has 0 saturated heterocycles. The first-order valence-electron chi connectivity index (χ1n) is 4.53. The minimum atomic E-state index is -2.39. The Labute approximate surface area is 99.3 Å². The fourth-order valence-corrected chi connectivity index (χ4v) is 1.56. The summed E-state index contributed by atoms with van der Waals surface area (Å²) in [6.45, 7) is 0. The third kappa shape index (κ3) is 3.99. The SMILES string of the molecule is COc1ccc(C(=NN=C(N)N)P(O)O)cc1. The fourth-order valence-electron chi connectivity index (χ4n) is 1.06. The molecule has 0 atom stereocenters. The topological polar surface area (TPSA) is 126 Å². The van der Waals surface area contributed by atoms with Crippen LogP contribution in [0.5, 0.6) is 5.75 Å². The maximum atomic E-state index is 9.21. The second kappa shape index (κ2) is 6.15. The van der Waals surface area contributed by atoms with Crippen LogP contribution in [0.4, 0.5) is 0 Å². The molecule has 0 amide bonds. The summed E-state index contributed by atoms with van der Waals surface area (Å²) >= 11 is 0. The molecule has 17 heavy (non-hydrogen) atoms. The van der Waals surface area contributed by atoms with Crippen molar-refractivity contribution < 1.29 is 14.5 Å². The zero-order valence-corrected chi connectivity index (χ0v) is 10.0. The summed E-state index contributed by atoms with van der Waals surface area (Å²) in [5, 5.41) is 6.98. The molecule has 0 bridgehead atoms. The van der Waals surface area contributed by atoms with E-state index in [-0.39, 0.29) is 11.4 Å². The van der Waals surface area contributed by atoms with Crippen LogP contribution in [0, 0.1) is 0 Å². The Morgan fingerprint density at radius 3 is 2.18 bits per heavy atom. The van der Waals surface area contributed by atoms with E-state index in [0.717, 1.165) is 0 Å². The molecule has 0 aromatic heterocycles. The van der Waals surface area contributed by atoms with E-state index in [2.05, 4.69) is 10.2 Å². The van der Waals surface area contributed by atoms with Crippen molar-refractivity contribution in [2.75, 3.05) is 7.11 Å². The van der Waals surface area contributed by atoms with Crippen LogP contribution in [-0.2, 0) is 0 Å². The molecule has 0 aliphatic heterocycles. The molecule has 0 aliphatic rings. The molecule has 0 spiro atoms. The largest absolute Gasteiger partial charge is 0.497 e. The van der Waals surface area contributed by atoms with Crippen molar-refractivity contribution in [1.29, 1.82) is 0 Å². The van der Waals surface area contributed by atoms with Gasteiger partial charge in [0, 0.05) is 5.56 Å². The van der Waals surface area contributed by atoms with Crippen LogP contribution in [0.2, 0.25) is 0 Å². The molecule has 0 heterocycles. The summed E-state index contributed by atoms with van der Waals surface area (Å²) in [6, 6.07) is 6.59. The smallest absolute Gasteiger partial charge is 0.222 e. The lowest BCUT2D eigenvalue weighted by atomic mass is 10.2. The van der Waals surface area contributed by atoms with Gasteiger partial charge in [-0.2, -0.15) is 0 Å². The van der Waals surface area contributed by atoms with E-state index >= 15 is 0 Å². The highest BCUT2D eigenvalue weighted by Gasteiger charge is 2.13. The van der Waals surface area contributed by atoms with E-state index < -0.39 is 8.38 Å². The zero-order valence-electron chi connectivity index (χ0n) is 9.11. The highest BCUT2D eigenvalue weighted by molar-refractivity contribution is 7.65. The van der Waals surface area contributed by atoms with Crippen molar-refractivity contribution in [3.8, 4) is 5.75 Å². The number of nitrogens with two attached hydrogens (primary N) is 2. The van der Waals surface area contributed by atoms with Crippen LogP contribution in [0.3, 0.4) is 0 Å². The van der Waals surface area contributed by atoms with Crippen LogP contribution in [0.25, 0.3) is 0 Å². The van der Waals surface area contributed by atoms with Gasteiger partial charge in [0.05, 0.1) is 7.11 Å². The number of hydrogen-bond donors (Lipinski definition) is 4. The molecule has 6 N–H and O–H groups in total. The Morgan fingerprint density at radius 1 is 1.18 bits per heavy atom. The Hall–Kier alpha value is -1.69. The number of benzene rings is 1. The first kappa shape index (κ1) is 13.4. The summed E-state index contributed by atoms with van der Waals surface area (Å²) in [7, 11) is -0.858. The highest BCUT2D eigenvalue weighted by atomic mass is 31.2. The molecule has 0 fully saturated rings. The Kier molecular flexibility index (Phi) is 4.84. The monoisotopic (exact) mass is 256 g/mol. The number of rotatable bonds is 4. The van der Waals surface area contributed by atoms with E-state index in [1.165, 1.54) is 7.11 Å². The van der Waals surface area contributed by atoms with Gasteiger partial charge in [0.25, 0.3) is 0 Å². The van der Waals surface area contributed by atoms with Gasteiger partial charge in [0.15, 0.2) is 0 Å². The third-order valence-corrected chi connectivity index (χ3v) is 2.52. The highest BCUT2D eigenvalue weighted by Crippen LogP contribution is 2.31. The van der Waals surface area contributed by atoms with E-state index in [1.54, 1.807) is 24.3 Å². The lowest BCUT2D eigenvalue weighted by Gasteiger charge is -2.06. The van der Waals surface area contributed by atoms with Gasteiger partial charge in [-0.05, 0) is 24.3 Å². The number of ether oxygens (including phenoxy) is 1. The molecule has 0 radical (unpaired) electrons. The predicted molar refractivity (Wildman–Crippen MR) is 66.7 cm³/mol. The van der Waals surface area contributed by atoms with Gasteiger partial charge in [-0.3, -0.25) is 0 Å². The van der Waals surface area contributed by atoms with Crippen LogP contribution in [0.1, 0.15) is 5.56 Å². The fraction of sp³-hybridized carbons (Fsp3) is 0.111. The van der Waals surface area contributed by atoms with Crippen molar-refractivity contribution >= 4 is 19.8 Å². The second-order valence-corrected chi connectivity index (χ2v) is 3.97. The maximum absolute atomic E-state index is 9.21. The van der Waals surface area contributed by atoms with Crippen molar-refractivity contribution in [3.05, 3.63) is 29.8 Å². The van der Waals surface area contributed by atoms with Crippen molar-refractivity contribution in [3.63, 3.8) is 0 Å². The van der Waals surface area contributed by atoms with Crippen molar-refractivity contribution in [1.82, 2.24) is 0 Å². The summed E-state index contributed by atoms with van der Waals surface area (Å²) in [5.41, 5.74) is 10.7. The number of nitrogens with zero attached hydrogens (tertiary/aromatic N) is 2. The van der Waals surface area contributed by atoms with Gasteiger partial charge in [0.1, 0.15) is 11.2 Å². The third-order valence-electron chi connectivity index (χ3n) is 1.80. The molecule has 7 nitrogen and oxygen atoms in total. The molecule has 0 saturated carbocycles. The van der Waals surface area contributed by atoms with Crippen molar-refractivity contribution in [2.24, 2.45) is 21.7 Å². The first-order chi connectivity index (χ1) is 8.04. The number of hydrogen-bond acceptors (Lipinski definition) is 5. The van der Waals surface area contributed by atoms with Gasteiger partial charge in [-0.15, -0.1) is 10.2 Å². The van der Waals surface area contributed by atoms with Crippen LogP contribution >= 0.6 is 8.38 Å². The first-order valence-corrected chi connectivity index (χ1v) is 5.78.